The van der Waals surface area contributed by atoms with Crippen molar-refractivity contribution in [2.45, 2.75) is 39.0 Å². The minimum atomic E-state index is -3.67. The van der Waals surface area contributed by atoms with Crippen LogP contribution in [-0.4, -0.2) is 34.9 Å². The lowest BCUT2D eigenvalue weighted by Gasteiger charge is -2.07. The number of nitrogens with zero attached hydrogens (tertiary/aromatic N) is 4. The molecule has 0 amide bonds. The Balaban J connectivity index is 1.76. The molecule has 0 aliphatic heterocycles. The molecule has 9 heteroatoms. The zero-order chi connectivity index (χ0) is 18.9. The van der Waals surface area contributed by atoms with Gasteiger partial charge in [0.15, 0.2) is 11.6 Å². The van der Waals surface area contributed by atoms with E-state index in [1.54, 1.807) is 24.7 Å². The zero-order valence-electron chi connectivity index (χ0n) is 15.1. The van der Waals surface area contributed by atoms with Crippen LogP contribution in [0.2, 0.25) is 0 Å². The van der Waals surface area contributed by atoms with E-state index in [1.807, 2.05) is 32.0 Å². The number of aryl methyl sites for hydroxylation is 3. The Morgan fingerprint density at radius 3 is 2.54 bits per heavy atom. The molecule has 0 spiro atoms. The lowest BCUT2D eigenvalue weighted by Crippen LogP contribution is -2.27. The van der Waals surface area contributed by atoms with Gasteiger partial charge in [-0.25, -0.2) is 22.8 Å². The largest absolute Gasteiger partial charge is 0.360 e. The summed E-state index contributed by atoms with van der Waals surface area (Å²) in [5.74, 6) is 1.01. The maximum atomic E-state index is 12.5. The maximum Gasteiger partial charge on any atom is 0.245 e. The first-order valence-electron chi connectivity index (χ1n) is 8.20. The van der Waals surface area contributed by atoms with Crippen molar-refractivity contribution in [2.24, 2.45) is 0 Å². The van der Waals surface area contributed by atoms with E-state index in [1.165, 1.54) is 0 Å². The summed E-state index contributed by atoms with van der Waals surface area (Å²) in [5, 5.41) is 8.22. The molecule has 0 aliphatic rings. The quantitative estimate of drug-likeness (QED) is 0.707. The van der Waals surface area contributed by atoms with Crippen molar-refractivity contribution in [1.82, 2.24) is 24.6 Å². The van der Waals surface area contributed by atoms with Crippen LogP contribution in [0.15, 0.2) is 33.8 Å². The van der Waals surface area contributed by atoms with Crippen molar-refractivity contribution in [1.29, 1.82) is 0 Å². The van der Waals surface area contributed by atoms with Crippen molar-refractivity contribution < 1.29 is 12.9 Å². The lowest BCUT2D eigenvalue weighted by atomic mass is 10.1. The molecule has 0 aromatic carbocycles. The molecule has 0 saturated heterocycles. The van der Waals surface area contributed by atoms with Gasteiger partial charge in [0.1, 0.15) is 10.6 Å². The molecule has 3 aromatic heterocycles. The molecule has 0 radical (unpaired) electrons. The van der Waals surface area contributed by atoms with Crippen LogP contribution < -0.4 is 4.72 Å². The standard InChI is InChI=1S/C17H21N5O3S/c1-11-15(13(3)22(20-11)16-7-5-6-9-18-16)8-10-19-26(23,24)17-12(2)21-25-14(17)4/h5-7,9,19H,8,10H2,1-4H3. The van der Waals surface area contributed by atoms with Crippen molar-refractivity contribution in [3.8, 4) is 5.82 Å². The van der Waals surface area contributed by atoms with Gasteiger partial charge in [-0.15, -0.1) is 0 Å². The van der Waals surface area contributed by atoms with E-state index in [-0.39, 0.29) is 17.2 Å². The Morgan fingerprint density at radius 2 is 1.92 bits per heavy atom. The molecule has 1 N–H and O–H groups in total. The highest BCUT2D eigenvalue weighted by Gasteiger charge is 2.24. The van der Waals surface area contributed by atoms with E-state index in [0.29, 0.717) is 12.1 Å². The summed E-state index contributed by atoms with van der Waals surface area (Å²) < 4.78 is 34.3. The fourth-order valence-corrected chi connectivity index (χ4v) is 4.34. The lowest BCUT2D eigenvalue weighted by molar-refractivity contribution is 0.390. The molecule has 0 bridgehead atoms. The number of sulfonamides is 1. The first kappa shape index (κ1) is 18.3. The highest BCUT2D eigenvalue weighted by molar-refractivity contribution is 7.89. The van der Waals surface area contributed by atoms with Gasteiger partial charge < -0.3 is 4.52 Å². The highest BCUT2D eigenvalue weighted by atomic mass is 32.2. The van der Waals surface area contributed by atoms with E-state index in [4.69, 9.17) is 4.52 Å². The number of rotatable bonds is 6. The fraction of sp³-hybridized carbons (Fsp3) is 0.353. The molecule has 0 aliphatic carbocycles. The zero-order valence-corrected chi connectivity index (χ0v) is 16.0. The Morgan fingerprint density at radius 1 is 1.15 bits per heavy atom. The highest BCUT2D eigenvalue weighted by Crippen LogP contribution is 2.20. The molecule has 3 heterocycles. The summed E-state index contributed by atoms with van der Waals surface area (Å²) in [4.78, 5) is 4.42. The molecule has 8 nitrogen and oxygen atoms in total. The first-order chi connectivity index (χ1) is 12.3. The van der Waals surface area contributed by atoms with Crippen LogP contribution in [0, 0.1) is 27.7 Å². The monoisotopic (exact) mass is 375 g/mol. The SMILES string of the molecule is Cc1nn(-c2ccccn2)c(C)c1CCNS(=O)(=O)c1c(C)noc1C. The first-order valence-corrected chi connectivity index (χ1v) is 9.68. The van der Waals surface area contributed by atoms with E-state index < -0.39 is 10.0 Å². The van der Waals surface area contributed by atoms with Crippen LogP contribution in [0.3, 0.4) is 0 Å². The fourth-order valence-electron chi connectivity index (χ4n) is 2.98. The second kappa shape index (κ2) is 7.00. The summed E-state index contributed by atoms with van der Waals surface area (Å²) >= 11 is 0. The van der Waals surface area contributed by atoms with Gasteiger partial charge in [-0.2, -0.15) is 5.10 Å². The maximum absolute atomic E-state index is 12.5. The van der Waals surface area contributed by atoms with Crippen LogP contribution in [0.25, 0.3) is 5.82 Å². The Bertz CT molecular complexity index is 1000. The van der Waals surface area contributed by atoms with Crippen molar-refractivity contribution >= 4 is 10.0 Å². The molecule has 0 unspecified atom stereocenters. The normalized spacial score (nSPS) is 11.8. The third-order valence-corrected chi connectivity index (χ3v) is 5.92. The minimum Gasteiger partial charge on any atom is -0.360 e. The van der Waals surface area contributed by atoms with Gasteiger partial charge in [-0.3, -0.25) is 0 Å². The van der Waals surface area contributed by atoms with Crippen molar-refractivity contribution in [3.63, 3.8) is 0 Å². The average molecular weight is 375 g/mol. The molecular weight excluding hydrogens is 354 g/mol. The van der Waals surface area contributed by atoms with Crippen LogP contribution in [0.1, 0.15) is 28.4 Å². The topological polar surface area (TPSA) is 103 Å². The number of hydrogen-bond acceptors (Lipinski definition) is 6. The van der Waals surface area contributed by atoms with Gasteiger partial charge in [-0.1, -0.05) is 11.2 Å². The van der Waals surface area contributed by atoms with E-state index >= 15 is 0 Å². The molecule has 0 saturated carbocycles. The van der Waals surface area contributed by atoms with E-state index in [9.17, 15) is 8.42 Å². The third-order valence-electron chi connectivity index (χ3n) is 4.21. The predicted molar refractivity (Wildman–Crippen MR) is 95.7 cm³/mol. The summed E-state index contributed by atoms with van der Waals surface area (Å²) in [7, 11) is -3.67. The second-order valence-corrected chi connectivity index (χ2v) is 7.75. The summed E-state index contributed by atoms with van der Waals surface area (Å²) in [6, 6.07) is 5.62. The Kier molecular flexibility index (Phi) is 4.92. The minimum absolute atomic E-state index is 0.107. The van der Waals surface area contributed by atoms with Crippen molar-refractivity contribution in [3.05, 3.63) is 52.8 Å². The smallest absolute Gasteiger partial charge is 0.245 e. The van der Waals surface area contributed by atoms with Gasteiger partial charge in [0.25, 0.3) is 0 Å². The molecule has 138 valence electrons. The summed E-state index contributed by atoms with van der Waals surface area (Å²) in [6.45, 7) is 7.30. The number of aromatic nitrogens is 4. The molecule has 0 atom stereocenters. The Labute approximate surface area is 152 Å². The number of nitrogens with one attached hydrogen (secondary N) is 1. The van der Waals surface area contributed by atoms with Crippen molar-refractivity contribution in [2.75, 3.05) is 6.54 Å². The summed E-state index contributed by atoms with van der Waals surface area (Å²) in [6.07, 6.45) is 2.23. The van der Waals surface area contributed by atoms with Gasteiger partial charge in [0.05, 0.1) is 5.69 Å². The average Bonchev–Trinajstić information content (AvgIpc) is 3.09. The van der Waals surface area contributed by atoms with Crippen LogP contribution in [0.5, 0.6) is 0 Å². The van der Waals surface area contributed by atoms with Crippen LogP contribution in [-0.2, 0) is 16.4 Å². The molecule has 0 fully saturated rings. The van der Waals surface area contributed by atoms with Gasteiger partial charge in [0.2, 0.25) is 10.0 Å². The van der Waals surface area contributed by atoms with Crippen LogP contribution >= 0.6 is 0 Å². The second-order valence-electron chi connectivity index (χ2n) is 6.05. The molecular formula is C17H21N5O3S. The van der Waals surface area contributed by atoms with Gasteiger partial charge in [-0.05, 0) is 51.8 Å². The van der Waals surface area contributed by atoms with Gasteiger partial charge >= 0.3 is 0 Å². The molecule has 26 heavy (non-hydrogen) atoms. The van der Waals surface area contributed by atoms with Crippen LogP contribution in [0.4, 0.5) is 0 Å². The third kappa shape index (κ3) is 3.40. The molecule has 3 rings (SSSR count). The van der Waals surface area contributed by atoms with Gasteiger partial charge in [0, 0.05) is 18.4 Å². The number of hydrogen-bond donors (Lipinski definition) is 1. The molecule has 3 aromatic rings. The number of pyridine rings is 1. The van der Waals surface area contributed by atoms with E-state index in [0.717, 1.165) is 22.8 Å². The predicted octanol–water partition coefficient (Wildman–Crippen LogP) is 2.01. The summed E-state index contributed by atoms with van der Waals surface area (Å²) in [5.41, 5.74) is 3.14. The Hall–Kier alpha value is -2.52. The van der Waals surface area contributed by atoms with E-state index in [2.05, 4.69) is 20.0 Å².